The molecule has 0 aliphatic heterocycles. The van der Waals surface area contributed by atoms with Gasteiger partial charge in [-0.15, -0.1) is 0 Å². The molecule has 0 aromatic heterocycles. The maximum absolute atomic E-state index is 2.47. The first-order valence-corrected chi connectivity index (χ1v) is 20.1. The Morgan fingerprint density at radius 2 is 0.396 bits per heavy atom. The Bertz CT molecular complexity index is 1890. The Morgan fingerprint density at radius 1 is 0.188 bits per heavy atom. The van der Waals surface area contributed by atoms with E-state index in [1.807, 2.05) is 0 Å². The number of benzene rings is 8. The number of fused-ring (bicyclic) bond motifs is 1. The van der Waals surface area contributed by atoms with E-state index in [-0.39, 0.29) is 0 Å². The van der Waals surface area contributed by atoms with Gasteiger partial charge in [0.2, 0.25) is 0 Å². The van der Waals surface area contributed by atoms with Crippen LogP contribution < -0.4 is 42.4 Å². The number of hydrogen-bond donors (Lipinski definition) is 0. The van der Waals surface area contributed by atoms with Crippen molar-refractivity contribution in [3.63, 3.8) is 0 Å². The molecule has 0 radical (unpaired) electrons. The van der Waals surface area contributed by atoms with E-state index in [4.69, 9.17) is 0 Å². The molecule has 0 heterocycles. The standard InChI is InChI=1S/C46H36P2/c1-7-19-39(20-8-1)47(40-21-9-2-10-22-40,41-23-11-3-12-24-41)45-33-31-38-36-46(34-32-37(38)35-45)48(42-25-13-4-14-26-42,43-27-15-5-16-28-43)44-29-17-6-18-30-44/h1-36H/q+2. The van der Waals surface area contributed by atoms with E-state index in [1.165, 1.54) is 53.2 Å². The monoisotopic (exact) mass is 650 g/mol. The van der Waals surface area contributed by atoms with Crippen molar-refractivity contribution in [1.82, 2.24) is 0 Å². The molecular weight excluding hydrogens is 614 g/mol. The lowest BCUT2D eigenvalue weighted by Crippen LogP contribution is -2.39. The minimum absolute atomic E-state index is 1.26. The summed E-state index contributed by atoms with van der Waals surface area (Å²) < 4.78 is 0. The molecule has 0 saturated heterocycles. The highest BCUT2D eigenvalue weighted by atomic mass is 31.2. The molecule has 2 heteroatoms. The van der Waals surface area contributed by atoms with Crippen molar-refractivity contribution in [2.45, 2.75) is 0 Å². The smallest absolute Gasteiger partial charge is 0.0620 e. The van der Waals surface area contributed by atoms with Crippen molar-refractivity contribution in [1.29, 1.82) is 0 Å². The van der Waals surface area contributed by atoms with Gasteiger partial charge in [-0.25, -0.2) is 0 Å². The van der Waals surface area contributed by atoms with Gasteiger partial charge in [-0.3, -0.25) is 0 Å². The van der Waals surface area contributed by atoms with Crippen molar-refractivity contribution < 1.29 is 0 Å². The van der Waals surface area contributed by atoms with E-state index in [1.54, 1.807) is 0 Å². The van der Waals surface area contributed by atoms with E-state index in [9.17, 15) is 0 Å². The third-order valence-electron chi connectivity index (χ3n) is 9.44. The molecule has 0 nitrogen and oxygen atoms in total. The van der Waals surface area contributed by atoms with E-state index < -0.39 is 14.5 Å². The molecule has 0 aliphatic rings. The molecule has 0 N–H and O–H groups in total. The zero-order valence-electron chi connectivity index (χ0n) is 26.7. The third-order valence-corrected chi connectivity index (χ3v) is 18.0. The Hall–Kier alpha value is -5.12. The lowest BCUT2D eigenvalue weighted by Gasteiger charge is -2.29. The lowest BCUT2D eigenvalue weighted by molar-refractivity contribution is 1.71. The normalized spacial score (nSPS) is 11.8. The average molecular weight is 651 g/mol. The van der Waals surface area contributed by atoms with E-state index in [2.05, 4.69) is 218 Å². The molecule has 0 atom stereocenters. The molecule has 0 spiro atoms. The van der Waals surface area contributed by atoms with Crippen LogP contribution in [0.15, 0.2) is 218 Å². The molecule has 0 saturated carbocycles. The van der Waals surface area contributed by atoms with Crippen molar-refractivity contribution in [2.24, 2.45) is 0 Å². The Morgan fingerprint density at radius 3 is 0.604 bits per heavy atom. The molecule has 8 rings (SSSR count). The summed E-state index contributed by atoms with van der Waals surface area (Å²) in [6.45, 7) is 0. The zero-order valence-corrected chi connectivity index (χ0v) is 28.5. The summed E-state index contributed by atoms with van der Waals surface area (Å²) in [6.07, 6.45) is 0. The van der Waals surface area contributed by atoms with Gasteiger partial charge < -0.3 is 0 Å². The van der Waals surface area contributed by atoms with Crippen LogP contribution in [0.25, 0.3) is 10.8 Å². The van der Waals surface area contributed by atoms with Crippen LogP contribution >= 0.6 is 14.5 Å². The molecule has 48 heavy (non-hydrogen) atoms. The molecular formula is C46H36P2+2. The molecule has 0 aliphatic carbocycles. The fourth-order valence-electron chi connectivity index (χ4n) is 7.34. The molecule has 0 unspecified atom stereocenters. The predicted molar refractivity (Wildman–Crippen MR) is 214 cm³/mol. The molecule has 0 amide bonds. The lowest BCUT2D eigenvalue weighted by atomic mass is 10.1. The molecule has 0 fully saturated rings. The van der Waals surface area contributed by atoms with Gasteiger partial charge in [-0.2, -0.15) is 0 Å². The second kappa shape index (κ2) is 13.2. The highest BCUT2D eigenvalue weighted by Gasteiger charge is 2.49. The predicted octanol–water partition coefficient (Wildman–Crippen LogP) is 8.08. The van der Waals surface area contributed by atoms with E-state index in [0.29, 0.717) is 0 Å². The fourth-order valence-corrected chi connectivity index (χ4v) is 15.9. The third kappa shape index (κ3) is 5.10. The summed E-state index contributed by atoms with van der Waals surface area (Å²) >= 11 is 0. The van der Waals surface area contributed by atoms with Crippen LogP contribution in [-0.2, 0) is 0 Å². The van der Waals surface area contributed by atoms with Gasteiger partial charge in [0.25, 0.3) is 0 Å². The van der Waals surface area contributed by atoms with Gasteiger partial charge in [0.1, 0.15) is 57.0 Å². The van der Waals surface area contributed by atoms with Crippen LogP contribution in [0.2, 0.25) is 0 Å². The minimum Gasteiger partial charge on any atom is -0.0620 e. The Kier molecular flexibility index (Phi) is 8.30. The first-order chi connectivity index (χ1) is 23.8. The van der Waals surface area contributed by atoms with Crippen molar-refractivity contribution in [2.75, 3.05) is 0 Å². The maximum atomic E-state index is 2.47. The van der Waals surface area contributed by atoms with Gasteiger partial charge in [0, 0.05) is 0 Å². The van der Waals surface area contributed by atoms with Gasteiger partial charge >= 0.3 is 0 Å². The minimum atomic E-state index is -2.19. The van der Waals surface area contributed by atoms with Crippen LogP contribution in [0.4, 0.5) is 0 Å². The summed E-state index contributed by atoms with van der Waals surface area (Å²) in [7, 11) is -4.38. The summed E-state index contributed by atoms with van der Waals surface area (Å²) in [6, 6.07) is 81.2. The van der Waals surface area contributed by atoms with E-state index in [0.717, 1.165) is 0 Å². The zero-order chi connectivity index (χ0) is 32.2. The summed E-state index contributed by atoms with van der Waals surface area (Å²) in [5.41, 5.74) is 0. The second-order valence-corrected chi connectivity index (χ2v) is 18.9. The van der Waals surface area contributed by atoms with Gasteiger partial charge in [-0.05, 0) is 108 Å². The SMILES string of the molecule is c1ccc([P+](c2ccccc2)(c2ccccc2)c2ccc3cc([P+](c4ccccc4)(c4ccccc4)c4ccccc4)ccc3c2)cc1. The highest BCUT2D eigenvalue weighted by Crippen LogP contribution is 2.56. The first-order valence-electron chi connectivity index (χ1n) is 16.5. The topological polar surface area (TPSA) is 0 Å². The first kappa shape index (κ1) is 30.2. The number of hydrogen-bond acceptors (Lipinski definition) is 0. The van der Waals surface area contributed by atoms with Crippen LogP contribution in [0.5, 0.6) is 0 Å². The maximum Gasteiger partial charge on any atom is 0.144 e. The highest BCUT2D eigenvalue weighted by molar-refractivity contribution is 8.02. The largest absolute Gasteiger partial charge is 0.144 e. The molecule has 8 aromatic rings. The quantitative estimate of drug-likeness (QED) is 0.146. The number of rotatable bonds is 8. The average Bonchev–Trinajstić information content (AvgIpc) is 3.18. The van der Waals surface area contributed by atoms with Crippen molar-refractivity contribution >= 4 is 67.7 Å². The summed E-state index contributed by atoms with van der Waals surface area (Å²) in [5, 5.41) is 13.4. The molecule has 0 bridgehead atoms. The van der Waals surface area contributed by atoms with Gasteiger partial charge in [0.15, 0.2) is 0 Å². The van der Waals surface area contributed by atoms with Crippen LogP contribution in [-0.4, -0.2) is 0 Å². The fraction of sp³-hybridized carbons (Fsp3) is 0. The Balaban J connectivity index is 1.39. The summed E-state index contributed by atoms with van der Waals surface area (Å²) in [4.78, 5) is 0. The van der Waals surface area contributed by atoms with Crippen LogP contribution in [0.1, 0.15) is 0 Å². The van der Waals surface area contributed by atoms with Crippen molar-refractivity contribution in [3.05, 3.63) is 218 Å². The van der Waals surface area contributed by atoms with Gasteiger partial charge in [0.05, 0.1) is 0 Å². The van der Waals surface area contributed by atoms with Crippen LogP contribution in [0.3, 0.4) is 0 Å². The van der Waals surface area contributed by atoms with E-state index >= 15 is 0 Å². The second-order valence-electron chi connectivity index (χ2n) is 12.1. The van der Waals surface area contributed by atoms with Gasteiger partial charge in [-0.1, -0.05) is 121 Å². The molecule has 228 valence electrons. The van der Waals surface area contributed by atoms with Crippen molar-refractivity contribution in [3.8, 4) is 0 Å². The van der Waals surface area contributed by atoms with Crippen LogP contribution in [0, 0.1) is 0 Å². The molecule has 8 aromatic carbocycles. The Labute approximate surface area is 285 Å². The summed E-state index contributed by atoms with van der Waals surface area (Å²) in [5.74, 6) is 0.